The molecular weight excluding hydrogens is 412 g/mol. The van der Waals surface area contributed by atoms with E-state index in [4.69, 9.17) is 23.7 Å². The van der Waals surface area contributed by atoms with Gasteiger partial charge in [0.25, 0.3) is 11.6 Å². The number of rotatable bonds is 9. The molecule has 2 rings (SSSR count). The number of nitro groups is 1. The Hall–Kier alpha value is -4.02. The number of anilines is 1. The molecule has 0 spiro atoms. The number of amides is 1. The largest absolute Gasteiger partial charge is 0.495 e. The summed E-state index contributed by atoms with van der Waals surface area (Å²) in [6, 6.07) is 6.64. The maximum absolute atomic E-state index is 12.6. The van der Waals surface area contributed by atoms with Gasteiger partial charge in [-0.1, -0.05) is 0 Å². The van der Waals surface area contributed by atoms with Gasteiger partial charge in [-0.3, -0.25) is 14.9 Å². The summed E-state index contributed by atoms with van der Waals surface area (Å²) in [6.45, 7) is 1.35. The molecule has 2 aromatic rings. The van der Waals surface area contributed by atoms with E-state index in [0.29, 0.717) is 5.75 Å². The van der Waals surface area contributed by atoms with Gasteiger partial charge in [-0.15, -0.1) is 0 Å². The highest BCUT2D eigenvalue weighted by molar-refractivity contribution is 5.99. The van der Waals surface area contributed by atoms with Crippen molar-refractivity contribution in [3.63, 3.8) is 0 Å². The number of nitro benzene ring substituents is 1. The lowest BCUT2D eigenvalue weighted by Gasteiger charge is -2.18. The molecule has 0 aromatic heterocycles. The minimum absolute atomic E-state index is 0.0210. The highest BCUT2D eigenvalue weighted by Crippen LogP contribution is 2.40. The predicted molar refractivity (Wildman–Crippen MR) is 109 cm³/mol. The van der Waals surface area contributed by atoms with E-state index >= 15 is 0 Å². The van der Waals surface area contributed by atoms with Gasteiger partial charge < -0.3 is 29.0 Å². The Balaban J connectivity index is 2.21. The fraction of sp³-hybridized carbons (Fsp3) is 0.300. The van der Waals surface area contributed by atoms with Gasteiger partial charge in [0.2, 0.25) is 5.75 Å². The summed E-state index contributed by atoms with van der Waals surface area (Å²) < 4.78 is 26.0. The summed E-state index contributed by atoms with van der Waals surface area (Å²) >= 11 is 0. The van der Waals surface area contributed by atoms with E-state index in [2.05, 4.69) is 5.32 Å². The van der Waals surface area contributed by atoms with Gasteiger partial charge in [0.05, 0.1) is 39.0 Å². The van der Waals surface area contributed by atoms with E-state index < -0.39 is 22.9 Å². The first-order valence-electron chi connectivity index (χ1n) is 8.90. The monoisotopic (exact) mass is 434 g/mol. The van der Waals surface area contributed by atoms with Crippen LogP contribution in [-0.2, 0) is 9.53 Å². The molecule has 0 saturated carbocycles. The average Bonchev–Trinajstić information content (AvgIpc) is 2.77. The predicted octanol–water partition coefficient (Wildman–Crippen LogP) is 2.81. The van der Waals surface area contributed by atoms with Gasteiger partial charge in [0, 0.05) is 12.1 Å². The molecule has 0 radical (unpaired) electrons. The summed E-state index contributed by atoms with van der Waals surface area (Å²) in [4.78, 5) is 35.5. The van der Waals surface area contributed by atoms with Crippen molar-refractivity contribution in [3.05, 3.63) is 46.0 Å². The summed E-state index contributed by atoms with van der Waals surface area (Å²) in [6.07, 6.45) is -1.24. The van der Waals surface area contributed by atoms with Gasteiger partial charge in [0.1, 0.15) is 11.3 Å². The highest BCUT2D eigenvalue weighted by atomic mass is 16.6. The molecule has 1 atom stereocenters. The number of esters is 1. The molecule has 0 heterocycles. The molecule has 1 amide bonds. The van der Waals surface area contributed by atoms with Gasteiger partial charge in [0.15, 0.2) is 17.6 Å². The topological polar surface area (TPSA) is 135 Å². The van der Waals surface area contributed by atoms with Crippen LogP contribution in [0.1, 0.15) is 17.3 Å². The molecule has 11 heteroatoms. The lowest BCUT2D eigenvalue weighted by molar-refractivity contribution is -0.384. The first-order chi connectivity index (χ1) is 14.8. The van der Waals surface area contributed by atoms with Crippen LogP contribution in [0.2, 0.25) is 0 Å². The number of nitrogens with one attached hydrogen (secondary N) is 1. The third kappa shape index (κ3) is 5.13. The first-order valence-corrected chi connectivity index (χ1v) is 8.90. The molecule has 0 aliphatic heterocycles. The second-order valence-electron chi connectivity index (χ2n) is 6.06. The van der Waals surface area contributed by atoms with Crippen LogP contribution < -0.4 is 24.3 Å². The van der Waals surface area contributed by atoms with Gasteiger partial charge in [-0.2, -0.15) is 0 Å². The molecule has 0 aliphatic rings. The van der Waals surface area contributed by atoms with Crippen LogP contribution in [0.5, 0.6) is 23.0 Å². The molecule has 0 unspecified atom stereocenters. The smallest absolute Gasteiger partial charge is 0.342 e. The number of nitrogens with zero attached hydrogens (tertiary/aromatic N) is 1. The second kappa shape index (κ2) is 10.1. The van der Waals surface area contributed by atoms with Crippen LogP contribution in [0.15, 0.2) is 30.3 Å². The molecule has 1 N–H and O–H groups in total. The summed E-state index contributed by atoms with van der Waals surface area (Å²) in [5.41, 5.74) is -0.156. The second-order valence-corrected chi connectivity index (χ2v) is 6.06. The van der Waals surface area contributed by atoms with Crippen molar-refractivity contribution in [2.75, 3.05) is 33.8 Å². The SMILES string of the molecule is COc1ccc([N+](=O)[O-])cc1NC(=O)[C@@H](C)OC(=O)c1ccc(OC)c(OC)c1OC. The van der Waals surface area contributed by atoms with Gasteiger partial charge >= 0.3 is 5.97 Å². The molecule has 0 fully saturated rings. The van der Waals surface area contributed by atoms with E-state index in [1.807, 2.05) is 0 Å². The zero-order valence-electron chi connectivity index (χ0n) is 17.6. The fourth-order valence-electron chi connectivity index (χ4n) is 2.68. The summed E-state index contributed by atoms with van der Waals surface area (Å²) in [5.74, 6) is -0.728. The van der Waals surface area contributed by atoms with Crippen molar-refractivity contribution in [3.8, 4) is 23.0 Å². The maximum atomic E-state index is 12.6. The third-order valence-corrected chi connectivity index (χ3v) is 4.23. The van der Waals surface area contributed by atoms with Crippen LogP contribution in [0.4, 0.5) is 11.4 Å². The lowest BCUT2D eigenvalue weighted by Crippen LogP contribution is -2.30. The van der Waals surface area contributed by atoms with Gasteiger partial charge in [-0.05, 0) is 25.1 Å². The number of carbonyl (C=O) groups excluding carboxylic acids is 2. The number of ether oxygens (including phenoxy) is 5. The van der Waals surface area contributed by atoms with E-state index in [1.165, 1.54) is 59.6 Å². The highest BCUT2D eigenvalue weighted by Gasteiger charge is 2.26. The van der Waals surface area contributed by atoms with E-state index in [-0.39, 0.29) is 34.2 Å². The third-order valence-electron chi connectivity index (χ3n) is 4.23. The fourth-order valence-corrected chi connectivity index (χ4v) is 2.68. The molecule has 31 heavy (non-hydrogen) atoms. The van der Waals surface area contributed by atoms with Crippen molar-refractivity contribution in [1.29, 1.82) is 0 Å². The Morgan fingerprint density at radius 1 is 0.935 bits per heavy atom. The molecule has 2 aromatic carbocycles. The normalized spacial score (nSPS) is 11.1. The Bertz CT molecular complexity index is 991. The zero-order chi connectivity index (χ0) is 23.1. The van der Waals surface area contributed by atoms with Crippen molar-refractivity contribution < 1.29 is 38.2 Å². The average molecular weight is 434 g/mol. The number of carbonyl (C=O) groups is 2. The van der Waals surface area contributed by atoms with Crippen LogP contribution in [0.25, 0.3) is 0 Å². The lowest BCUT2D eigenvalue weighted by atomic mass is 10.1. The standard InChI is InChI=1S/C20H22N2O9/c1-11(19(23)21-14-10-12(22(25)26)6-8-15(14)27-2)31-20(24)13-7-9-16(28-3)18(30-5)17(13)29-4/h6-11H,1-5H3,(H,21,23)/t11-/m1/s1. The molecule has 11 nitrogen and oxygen atoms in total. The Morgan fingerprint density at radius 2 is 1.55 bits per heavy atom. The summed E-state index contributed by atoms with van der Waals surface area (Å²) in [7, 11) is 5.52. The Morgan fingerprint density at radius 3 is 2.10 bits per heavy atom. The van der Waals surface area contributed by atoms with E-state index in [0.717, 1.165) is 6.07 Å². The molecule has 0 bridgehead atoms. The first kappa shape index (κ1) is 23.3. The zero-order valence-corrected chi connectivity index (χ0v) is 17.6. The van der Waals surface area contributed by atoms with Crippen LogP contribution in [-0.4, -0.2) is 51.3 Å². The Labute approximate surface area is 178 Å². The van der Waals surface area contributed by atoms with Gasteiger partial charge in [-0.25, -0.2) is 4.79 Å². The van der Waals surface area contributed by atoms with E-state index in [9.17, 15) is 19.7 Å². The number of benzene rings is 2. The minimum Gasteiger partial charge on any atom is -0.495 e. The number of hydrogen-bond acceptors (Lipinski definition) is 9. The Kier molecular flexibility index (Phi) is 7.61. The maximum Gasteiger partial charge on any atom is 0.342 e. The van der Waals surface area contributed by atoms with Crippen molar-refractivity contribution in [2.45, 2.75) is 13.0 Å². The van der Waals surface area contributed by atoms with Crippen LogP contribution in [0.3, 0.4) is 0 Å². The van der Waals surface area contributed by atoms with Crippen LogP contribution >= 0.6 is 0 Å². The molecular formula is C20H22N2O9. The molecule has 0 aliphatic carbocycles. The minimum atomic E-state index is -1.24. The number of methoxy groups -OCH3 is 4. The van der Waals surface area contributed by atoms with Crippen molar-refractivity contribution in [1.82, 2.24) is 0 Å². The van der Waals surface area contributed by atoms with Crippen LogP contribution in [0, 0.1) is 10.1 Å². The molecule has 166 valence electrons. The number of hydrogen-bond donors (Lipinski definition) is 1. The quantitative estimate of drug-likeness (QED) is 0.359. The molecule has 0 saturated heterocycles. The summed E-state index contributed by atoms with van der Waals surface area (Å²) in [5, 5.41) is 13.4. The van der Waals surface area contributed by atoms with E-state index in [1.54, 1.807) is 0 Å². The van der Waals surface area contributed by atoms with Crippen molar-refractivity contribution >= 4 is 23.3 Å². The van der Waals surface area contributed by atoms with Crippen molar-refractivity contribution in [2.24, 2.45) is 0 Å². The number of non-ortho nitro benzene ring substituents is 1.